The number of morpholine rings is 1. The third-order valence-corrected chi connectivity index (χ3v) is 6.79. The molecule has 0 aromatic rings. The fourth-order valence-electron chi connectivity index (χ4n) is 3.14. The summed E-state index contributed by atoms with van der Waals surface area (Å²) >= 11 is 4.16. The molecule has 3 heterocycles. The maximum atomic E-state index is 11.5. The first-order chi connectivity index (χ1) is 9.19. The zero-order valence-electron chi connectivity index (χ0n) is 11.5. The van der Waals surface area contributed by atoms with Gasteiger partial charge >= 0.3 is 0 Å². The van der Waals surface area contributed by atoms with Gasteiger partial charge in [0.25, 0.3) is 0 Å². The van der Waals surface area contributed by atoms with E-state index in [0.717, 1.165) is 26.1 Å². The lowest BCUT2D eigenvalue weighted by Crippen LogP contribution is -2.55. The second kappa shape index (κ2) is 5.84. The number of nitrogens with zero attached hydrogens (tertiary/aromatic N) is 2. The number of carbonyl (C=O) groups is 1. The lowest BCUT2D eigenvalue weighted by molar-refractivity contribution is -0.159. The molecule has 0 aromatic carbocycles. The number of rotatable bonds is 1. The summed E-state index contributed by atoms with van der Waals surface area (Å²) in [5.41, 5.74) is -0.0930. The predicted molar refractivity (Wildman–Crippen MR) is 80.9 cm³/mol. The smallest absolute Gasteiger partial charge is 0.248 e. The topological polar surface area (TPSA) is 32.8 Å². The Balaban J connectivity index is 1.61. The molecule has 1 spiro atoms. The van der Waals surface area contributed by atoms with Crippen molar-refractivity contribution < 1.29 is 9.53 Å². The van der Waals surface area contributed by atoms with Gasteiger partial charge in [-0.15, -0.1) is 0 Å². The zero-order valence-corrected chi connectivity index (χ0v) is 13.1. The van der Waals surface area contributed by atoms with E-state index in [0.29, 0.717) is 6.04 Å². The van der Waals surface area contributed by atoms with E-state index in [1.54, 1.807) is 0 Å². The van der Waals surface area contributed by atoms with Gasteiger partial charge in [0.2, 0.25) is 5.91 Å². The molecule has 1 amide bonds. The van der Waals surface area contributed by atoms with Gasteiger partial charge in [-0.25, -0.2) is 0 Å². The molecule has 3 saturated heterocycles. The van der Waals surface area contributed by atoms with Crippen molar-refractivity contribution >= 4 is 29.4 Å². The van der Waals surface area contributed by atoms with Crippen molar-refractivity contribution in [1.82, 2.24) is 9.80 Å². The predicted octanol–water partition coefficient (Wildman–Crippen LogP) is 0.768. The first-order valence-electron chi connectivity index (χ1n) is 6.96. The Labute approximate surface area is 123 Å². The van der Waals surface area contributed by atoms with E-state index in [4.69, 9.17) is 4.74 Å². The summed E-state index contributed by atoms with van der Waals surface area (Å²) in [5.74, 6) is 5.18. The Morgan fingerprint density at radius 1 is 1.26 bits per heavy atom. The number of amides is 1. The van der Waals surface area contributed by atoms with Crippen LogP contribution in [0.2, 0.25) is 0 Å². The van der Waals surface area contributed by atoms with Gasteiger partial charge < -0.3 is 9.64 Å². The molecule has 0 aromatic heterocycles. The summed E-state index contributed by atoms with van der Waals surface area (Å²) < 4.78 is 5.91. The Kier molecular flexibility index (Phi) is 4.31. The highest BCUT2D eigenvalue weighted by molar-refractivity contribution is 8.03. The molecule has 3 aliphatic rings. The Morgan fingerprint density at radius 2 is 2.00 bits per heavy atom. The number of carbonyl (C=O) groups excluding carboxylic acids is 1. The number of ether oxygens (including phenoxy) is 1. The van der Waals surface area contributed by atoms with Gasteiger partial charge in [0.05, 0.1) is 6.54 Å². The second-order valence-corrected chi connectivity index (χ2v) is 8.05. The number of likely N-dealkylation sites (N-methyl/N-ethyl adjacent to an activating group) is 1. The molecule has 3 aliphatic heterocycles. The van der Waals surface area contributed by atoms with Crippen LogP contribution in [0.25, 0.3) is 0 Å². The van der Waals surface area contributed by atoms with Crippen LogP contribution < -0.4 is 0 Å². The molecule has 6 heteroatoms. The van der Waals surface area contributed by atoms with Gasteiger partial charge in [-0.2, -0.15) is 23.5 Å². The van der Waals surface area contributed by atoms with Gasteiger partial charge in [-0.05, 0) is 6.42 Å². The minimum Gasteiger partial charge on any atom is -0.362 e. The van der Waals surface area contributed by atoms with Crippen molar-refractivity contribution in [2.24, 2.45) is 0 Å². The van der Waals surface area contributed by atoms with Crippen molar-refractivity contribution in [2.75, 3.05) is 56.3 Å². The quantitative estimate of drug-likeness (QED) is 0.714. The van der Waals surface area contributed by atoms with E-state index < -0.39 is 0 Å². The maximum Gasteiger partial charge on any atom is 0.248 e. The number of hydrogen-bond donors (Lipinski definition) is 0. The molecule has 0 aliphatic carbocycles. The van der Waals surface area contributed by atoms with Crippen LogP contribution in [-0.4, -0.2) is 83.7 Å². The molecule has 108 valence electrons. The molecule has 4 nitrogen and oxygen atoms in total. The molecule has 0 saturated carbocycles. The maximum absolute atomic E-state index is 11.5. The Bertz CT molecular complexity index is 348. The fraction of sp³-hybridized carbons (Fsp3) is 0.923. The monoisotopic (exact) mass is 302 g/mol. The zero-order chi connectivity index (χ0) is 13.3. The van der Waals surface area contributed by atoms with Crippen LogP contribution >= 0.6 is 23.5 Å². The van der Waals surface area contributed by atoms with E-state index >= 15 is 0 Å². The van der Waals surface area contributed by atoms with Crippen LogP contribution in [0.5, 0.6) is 0 Å². The standard InChI is InChI=1S/C13H22N2O2S2/c1-14-9-13(17-6-12(14)16)2-3-15(10-13)11-7-18-4-5-19-8-11/h11H,2-10H2,1H3/t13-/m1/s1. The van der Waals surface area contributed by atoms with E-state index in [-0.39, 0.29) is 18.1 Å². The van der Waals surface area contributed by atoms with E-state index in [1.165, 1.54) is 23.0 Å². The number of thioether (sulfide) groups is 2. The van der Waals surface area contributed by atoms with Crippen LogP contribution in [-0.2, 0) is 9.53 Å². The lowest BCUT2D eigenvalue weighted by Gasteiger charge is -2.39. The molecule has 1 atom stereocenters. The van der Waals surface area contributed by atoms with Crippen LogP contribution in [0.3, 0.4) is 0 Å². The van der Waals surface area contributed by atoms with E-state index in [1.807, 2.05) is 11.9 Å². The second-order valence-electron chi connectivity index (χ2n) is 5.75. The number of likely N-dealkylation sites (tertiary alicyclic amines) is 1. The SMILES string of the molecule is CN1C[C@@]2(CCN(C3CSCCSC3)C2)OCC1=O. The van der Waals surface area contributed by atoms with Crippen LogP contribution in [0.1, 0.15) is 6.42 Å². The molecule has 0 unspecified atom stereocenters. The molecule has 19 heavy (non-hydrogen) atoms. The van der Waals surface area contributed by atoms with Gasteiger partial charge in [0.15, 0.2) is 0 Å². The molecule has 3 rings (SSSR count). The van der Waals surface area contributed by atoms with Gasteiger partial charge in [0, 0.05) is 49.2 Å². The van der Waals surface area contributed by atoms with Gasteiger partial charge in [-0.1, -0.05) is 0 Å². The van der Waals surface area contributed by atoms with Crippen LogP contribution in [0.15, 0.2) is 0 Å². The minimum atomic E-state index is -0.0930. The van der Waals surface area contributed by atoms with Crippen molar-refractivity contribution in [2.45, 2.75) is 18.1 Å². The Hall–Kier alpha value is 0.0900. The Morgan fingerprint density at radius 3 is 2.68 bits per heavy atom. The molecule has 0 N–H and O–H groups in total. The first kappa shape index (κ1) is 14.0. The summed E-state index contributed by atoms with van der Waals surface area (Å²) in [5, 5.41) is 0. The van der Waals surface area contributed by atoms with Crippen LogP contribution in [0.4, 0.5) is 0 Å². The molecular formula is C13H22N2O2S2. The summed E-state index contributed by atoms with van der Waals surface area (Å²) in [4.78, 5) is 16.0. The highest BCUT2D eigenvalue weighted by Gasteiger charge is 2.45. The average molecular weight is 302 g/mol. The van der Waals surface area contributed by atoms with Gasteiger partial charge in [-0.3, -0.25) is 9.69 Å². The summed E-state index contributed by atoms with van der Waals surface area (Å²) in [6.45, 7) is 3.14. The average Bonchev–Trinajstić information content (AvgIpc) is 2.64. The highest BCUT2D eigenvalue weighted by Crippen LogP contribution is 2.32. The molecular weight excluding hydrogens is 280 g/mol. The molecule has 3 fully saturated rings. The summed E-state index contributed by atoms with van der Waals surface area (Å²) in [7, 11) is 1.90. The highest BCUT2D eigenvalue weighted by atomic mass is 32.2. The first-order valence-corrected chi connectivity index (χ1v) is 9.27. The normalized spacial score (nSPS) is 35.0. The minimum absolute atomic E-state index is 0.0930. The van der Waals surface area contributed by atoms with Crippen molar-refractivity contribution in [1.29, 1.82) is 0 Å². The van der Waals surface area contributed by atoms with Gasteiger partial charge in [0.1, 0.15) is 12.2 Å². The molecule has 0 radical (unpaired) electrons. The van der Waals surface area contributed by atoms with Crippen LogP contribution in [0, 0.1) is 0 Å². The third kappa shape index (κ3) is 3.06. The largest absolute Gasteiger partial charge is 0.362 e. The van der Waals surface area contributed by atoms with Crippen molar-refractivity contribution in [3.8, 4) is 0 Å². The van der Waals surface area contributed by atoms with Crippen molar-refractivity contribution in [3.05, 3.63) is 0 Å². The van der Waals surface area contributed by atoms with Crippen molar-refractivity contribution in [3.63, 3.8) is 0 Å². The number of hydrogen-bond acceptors (Lipinski definition) is 5. The summed E-state index contributed by atoms with van der Waals surface area (Å²) in [6.07, 6.45) is 1.07. The summed E-state index contributed by atoms with van der Waals surface area (Å²) in [6, 6.07) is 0.684. The third-order valence-electron chi connectivity index (χ3n) is 4.31. The van der Waals surface area contributed by atoms with E-state index in [2.05, 4.69) is 28.4 Å². The lowest BCUT2D eigenvalue weighted by atomic mass is 10.0. The molecule has 0 bridgehead atoms. The fourth-order valence-corrected chi connectivity index (χ4v) is 5.77. The van der Waals surface area contributed by atoms with E-state index in [9.17, 15) is 4.79 Å².